The Labute approximate surface area is 91.4 Å². The number of hydrogen-bond donors (Lipinski definition) is 1. The molecule has 0 heterocycles. The van der Waals surface area contributed by atoms with Crippen LogP contribution in [-0.2, 0) is 0 Å². The van der Waals surface area contributed by atoms with E-state index in [2.05, 4.69) is 6.92 Å². The topological polar surface area (TPSA) is 35.2 Å². The third-order valence-corrected chi connectivity index (χ3v) is 3.18. The molecule has 0 amide bonds. The maximum Gasteiger partial charge on any atom is 0.121 e. The van der Waals surface area contributed by atoms with Crippen LogP contribution in [-0.4, -0.2) is 6.10 Å². The summed E-state index contributed by atoms with van der Waals surface area (Å²) in [4.78, 5) is 0. The Kier molecular flexibility index (Phi) is 3.14. The van der Waals surface area contributed by atoms with Crippen LogP contribution in [0.3, 0.4) is 0 Å². The van der Waals surface area contributed by atoms with Gasteiger partial charge in [0.1, 0.15) is 11.9 Å². The molecule has 2 heteroatoms. The van der Waals surface area contributed by atoms with Crippen LogP contribution < -0.4 is 10.5 Å². The number of ether oxygens (including phenoxy) is 1. The molecule has 1 aromatic rings. The van der Waals surface area contributed by atoms with Gasteiger partial charge >= 0.3 is 0 Å². The summed E-state index contributed by atoms with van der Waals surface area (Å²) in [5.41, 5.74) is 6.49. The van der Waals surface area contributed by atoms with Crippen LogP contribution in [0.1, 0.15) is 32.6 Å². The van der Waals surface area contributed by atoms with E-state index in [4.69, 9.17) is 10.5 Å². The molecule has 0 spiro atoms. The molecule has 15 heavy (non-hydrogen) atoms. The fourth-order valence-corrected chi connectivity index (χ4v) is 2.22. The number of anilines is 1. The normalized spacial score (nSPS) is 26.2. The second-order valence-corrected chi connectivity index (χ2v) is 4.49. The average molecular weight is 205 g/mol. The molecule has 0 radical (unpaired) electrons. The van der Waals surface area contributed by atoms with Crippen LogP contribution in [0, 0.1) is 5.92 Å². The maximum atomic E-state index is 5.97. The summed E-state index contributed by atoms with van der Waals surface area (Å²) in [7, 11) is 0. The van der Waals surface area contributed by atoms with E-state index in [0.29, 0.717) is 12.0 Å². The third kappa shape index (κ3) is 2.65. The quantitative estimate of drug-likeness (QED) is 0.752. The molecule has 0 aliphatic heterocycles. The highest BCUT2D eigenvalue weighted by molar-refractivity contribution is 5.43. The Morgan fingerprint density at radius 2 is 2.07 bits per heavy atom. The van der Waals surface area contributed by atoms with Crippen molar-refractivity contribution in [3.8, 4) is 5.75 Å². The summed E-state index contributed by atoms with van der Waals surface area (Å²) in [6.07, 6.45) is 5.47. The molecule has 0 saturated heterocycles. The van der Waals surface area contributed by atoms with Crippen molar-refractivity contribution in [1.82, 2.24) is 0 Å². The van der Waals surface area contributed by atoms with E-state index in [1.54, 1.807) is 0 Å². The molecular weight excluding hydrogens is 186 g/mol. The van der Waals surface area contributed by atoms with E-state index in [0.717, 1.165) is 11.4 Å². The van der Waals surface area contributed by atoms with Crippen molar-refractivity contribution in [1.29, 1.82) is 0 Å². The Hall–Kier alpha value is -1.18. The van der Waals surface area contributed by atoms with Gasteiger partial charge in [0.15, 0.2) is 0 Å². The number of benzene rings is 1. The number of rotatable bonds is 2. The lowest BCUT2D eigenvalue weighted by Gasteiger charge is -2.29. The van der Waals surface area contributed by atoms with Gasteiger partial charge in [-0.15, -0.1) is 0 Å². The lowest BCUT2D eigenvalue weighted by Crippen LogP contribution is -2.28. The summed E-state index contributed by atoms with van der Waals surface area (Å²) in [6.45, 7) is 2.27. The Morgan fingerprint density at radius 1 is 1.27 bits per heavy atom. The zero-order valence-corrected chi connectivity index (χ0v) is 9.28. The Bertz CT molecular complexity index is 324. The van der Waals surface area contributed by atoms with Gasteiger partial charge in [-0.2, -0.15) is 0 Å². The average Bonchev–Trinajstić information content (AvgIpc) is 2.22. The van der Waals surface area contributed by atoms with Gasteiger partial charge in [-0.25, -0.2) is 0 Å². The minimum Gasteiger partial charge on any atom is -0.490 e. The molecule has 1 fully saturated rings. The molecule has 2 unspecified atom stereocenters. The fourth-order valence-electron chi connectivity index (χ4n) is 2.22. The molecule has 2 N–H and O–H groups in total. The highest BCUT2D eigenvalue weighted by Crippen LogP contribution is 2.28. The smallest absolute Gasteiger partial charge is 0.121 e. The molecular formula is C13H19NO. The highest BCUT2D eigenvalue weighted by Gasteiger charge is 2.22. The van der Waals surface area contributed by atoms with Crippen LogP contribution in [0.2, 0.25) is 0 Å². The molecule has 2 nitrogen and oxygen atoms in total. The number of nitrogen functional groups attached to an aromatic ring is 1. The molecule has 2 rings (SSSR count). The van der Waals surface area contributed by atoms with Crippen LogP contribution in [0.15, 0.2) is 24.3 Å². The zero-order chi connectivity index (χ0) is 10.7. The third-order valence-electron chi connectivity index (χ3n) is 3.18. The summed E-state index contributed by atoms with van der Waals surface area (Å²) in [5, 5.41) is 0. The molecule has 82 valence electrons. The molecule has 1 aliphatic rings. The first-order valence-electron chi connectivity index (χ1n) is 5.78. The monoisotopic (exact) mass is 205 g/mol. The van der Waals surface area contributed by atoms with Gasteiger partial charge in [-0.1, -0.05) is 19.4 Å². The van der Waals surface area contributed by atoms with E-state index >= 15 is 0 Å². The van der Waals surface area contributed by atoms with Crippen LogP contribution in [0.5, 0.6) is 5.75 Å². The number of nitrogens with two attached hydrogens (primary N) is 1. The van der Waals surface area contributed by atoms with Gasteiger partial charge in [0.25, 0.3) is 0 Å². The molecule has 1 aliphatic carbocycles. The van der Waals surface area contributed by atoms with Crippen LogP contribution in [0.4, 0.5) is 5.69 Å². The van der Waals surface area contributed by atoms with Crippen molar-refractivity contribution < 1.29 is 4.74 Å². The van der Waals surface area contributed by atoms with E-state index in [1.807, 2.05) is 24.3 Å². The second kappa shape index (κ2) is 4.56. The molecule has 2 atom stereocenters. The van der Waals surface area contributed by atoms with Gasteiger partial charge in [-0.05, 0) is 37.3 Å². The lowest BCUT2D eigenvalue weighted by molar-refractivity contribution is 0.103. The second-order valence-electron chi connectivity index (χ2n) is 4.49. The molecule has 0 aromatic heterocycles. The maximum absolute atomic E-state index is 5.97. The standard InChI is InChI=1S/C13H19NO/c1-10-5-2-3-8-13(10)15-12-7-4-6-11(14)9-12/h4,6-7,9-10,13H,2-3,5,8,14H2,1H3. The van der Waals surface area contributed by atoms with Crippen molar-refractivity contribution in [2.45, 2.75) is 38.7 Å². The van der Waals surface area contributed by atoms with Gasteiger partial charge < -0.3 is 10.5 Å². The lowest BCUT2D eigenvalue weighted by atomic mass is 9.88. The van der Waals surface area contributed by atoms with E-state index in [-0.39, 0.29) is 0 Å². The van der Waals surface area contributed by atoms with Crippen molar-refractivity contribution in [3.05, 3.63) is 24.3 Å². The van der Waals surface area contributed by atoms with Crippen molar-refractivity contribution in [2.24, 2.45) is 5.92 Å². The fraction of sp³-hybridized carbons (Fsp3) is 0.538. The van der Waals surface area contributed by atoms with Gasteiger partial charge in [0, 0.05) is 11.8 Å². The first-order valence-corrected chi connectivity index (χ1v) is 5.78. The first-order chi connectivity index (χ1) is 7.25. The van der Waals surface area contributed by atoms with Crippen LogP contribution >= 0.6 is 0 Å². The first kappa shape index (κ1) is 10.3. The predicted octanol–water partition coefficient (Wildman–Crippen LogP) is 3.23. The van der Waals surface area contributed by atoms with Crippen molar-refractivity contribution in [2.75, 3.05) is 5.73 Å². The molecule has 0 bridgehead atoms. The molecule has 1 aromatic carbocycles. The van der Waals surface area contributed by atoms with E-state index < -0.39 is 0 Å². The van der Waals surface area contributed by atoms with E-state index in [9.17, 15) is 0 Å². The summed E-state index contributed by atoms with van der Waals surface area (Å²) in [5.74, 6) is 1.58. The van der Waals surface area contributed by atoms with Gasteiger partial charge in [0.05, 0.1) is 0 Å². The number of hydrogen-bond acceptors (Lipinski definition) is 2. The minimum absolute atomic E-state index is 0.376. The van der Waals surface area contributed by atoms with Crippen molar-refractivity contribution in [3.63, 3.8) is 0 Å². The highest BCUT2D eigenvalue weighted by atomic mass is 16.5. The van der Waals surface area contributed by atoms with Crippen LogP contribution in [0.25, 0.3) is 0 Å². The van der Waals surface area contributed by atoms with E-state index in [1.165, 1.54) is 25.7 Å². The van der Waals surface area contributed by atoms with Crippen molar-refractivity contribution >= 4 is 5.69 Å². The Balaban J connectivity index is 2.01. The van der Waals surface area contributed by atoms with Gasteiger partial charge in [0.2, 0.25) is 0 Å². The Morgan fingerprint density at radius 3 is 2.80 bits per heavy atom. The SMILES string of the molecule is CC1CCCCC1Oc1cccc(N)c1. The predicted molar refractivity (Wildman–Crippen MR) is 62.9 cm³/mol. The summed E-state index contributed by atoms with van der Waals surface area (Å²) in [6, 6.07) is 7.72. The summed E-state index contributed by atoms with van der Waals surface area (Å²) < 4.78 is 5.97. The minimum atomic E-state index is 0.376. The molecule has 1 saturated carbocycles. The van der Waals surface area contributed by atoms with Gasteiger partial charge in [-0.3, -0.25) is 0 Å². The summed E-state index contributed by atoms with van der Waals surface area (Å²) >= 11 is 0. The zero-order valence-electron chi connectivity index (χ0n) is 9.28. The largest absolute Gasteiger partial charge is 0.490 e.